The maximum atomic E-state index is 13.5. The van der Waals surface area contributed by atoms with Gasteiger partial charge in [-0.3, -0.25) is 9.10 Å². The zero-order valence-electron chi connectivity index (χ0n) is 17.9. The minimum Gasteiger partial charge on any atom is -0.455 e. The van der Waals surface area contributed by atoms with E-state index in [2.05, 4.69) is 5.32 Å². The van der Waals surface area contributed by atoms with E-state index in [0.717, 1.165) is 12.8 Å². The molecule has 1 saturated carbocycles. The number of carbonyl (C=O) groups is 1. The number of ether oxygens (including phenoxy) is 1. The van der Waals surface area contributed by atoms with Crippen molar-refractivity contribution in [3.63, 3.8) is 0 Å². The molecule has 5 rings (SSSR count). The Morgan fingerprint density at radius 2 is 1.91 bits per heavy atom. The quantitative estimate of drug-likeness (QED) is 0.641. The molecule has 1 spiro atoms. The van der Waals surface area contributed by atoms with Crippen LogP contribution in [0.4, 0.5) is 10.1 Å². The van der Waals surface area contributed by atoms with Gasteiger partial charge in [0.2, 0.25) is 10.0 Å². The Kier molecular flexibility index (Phi) is 4.62. The molecule has 7 nitrogen and oxygen atoms in total. The van der Waals surface area contributed by atoms with Gasteiger partial charge in [-0.2, -0.15) is 0 Å². The molecule has 1 atom stereocenters. The zero-order valence-corrected chi connectivity index (χ0v) is 18.8. The highest BCUT2D eigenvalue weighted by Crippen LogP contribution is 2.50. The first-order chi connectivity index (χ1) is 15.1. The molecule has 0 bridgehead atoms. The number of hydrogen-bond donors (Lipinski definition) is 1. The molecule has 1 aliphatic heterocycles. The number of rotatable bonds is 3. The normalized spacial score (nSPS) is 19.6. The van der Waals surface area contributed by atoms with E-state index in [1.54, 1.807) is 12.1 Å². The average Bonchev–Trinajstić information content (AvgIpc) is 3.42. The van der Waals surface area contributed by atoms with Gasteiger partial charge in [-0.1, -0.05) is 0 Å². The first-order valence-corrected chi connectivity index (χ1v) is 12.2. The van der Waals surface area contributed by atoms with Crippen molar-refractivity contribution in [1.82, 2.24) is 5.32 Å². The Hall–Kier alpha value is -2.91. The lowest BCUT2D eigenvalue weighted by Crippen LogP contribution is -2.37. The highest BCUT2D eigenvalue weighted by molar-refractivity contribution is 7.92. The summed E-state index contributed by atoms with van der Waals surface area (Å²) < 4.78 is 52.5. The number of furan rings is 1. The molecular weight excluding hydrogens is 435 g/mol. The van der Waals surface area contributed by atoms with Gasteiger partial charge in [-0.15, -0.1) is 0 Å². The number of hydrogen-bond acceptors (Lipinski definition) is 5. The Bertz CT molecular complexity index is 1340. The number of fused-ring (bicyclic) bond motifs is 2. The summed E-state index contributed by atoms with van der Waals surface area (Å²) in [5.41, 5.74) is 1.89. The summed E-state index contributed by atoms with van der Waals surface area (Å²) in [5, 5.41) is 3.17. The van der Waals surface area contributed by atoms with Crippen molar-refractivity contribution in [2.75, 3.05) is 24.2 Å². The first kappa shape index (κ1) is 21.0. The van der Waals surface area contributed by atoms with Crippen molar-refractivity contribution in [1.29, 1.82) is 0 Å². The monoisotopic (exact) mass is 458 g/mol. The molecule has 0 saturated heterocycles. The fraction of sp³-hybridized carbons (Fsp3) is 0.348. The molecule has 0 unspecified atom stereocenters. The van der Waals surface area contributed by atoms with Crippen LogP contribution in [0, 0.1) is 5.82 Å². The molecule has 9 heteroatoms. The summed E-state index contributed by atoms with van der Waals surface area (Å²) in [6.07, 6.45) is 2.40. The maximum absolute atomic E-state index is 13.5. The van der Waals surface area contributed by atoms with Gasteiger partial charge in [-0.25, -0.2) is 12.8 Å². The van der Waals surface area contributed by atoms with Gasteiger partial charge >= 0.3 is 0 Å². The van der Waals surface area contributed by atoms with E-state index < -0.39 is 21.4 Å². The van der Waals surface area contributed by atoms with Crippen molar-refractivity contribution >= 4 is 32.6 Å². The highest BCUT2D eigenvalue weighted by Gasteiger charge is 2.50. The summed E-state index contributed by atoms with van der Waals surface area (Å²) in [6.45, 7) is 2.12. The standard InChI is InChI=1S/C23H23FN2O5S/c1-13-16-10-17-19(11-18(16)26(32(3,28)29)12-23(31-13)8-9-23)30-21(20(17)22(27)25-2)14-4-6-15(24)7-5-14/h4-7,10-11,13H,8-9,12H2,1-3H3,(H,25,27)/t13-/m1/s1. The third kappa shape index (κ3) is 3.36. The first-order valence-electron chi connectivity index (χ1n) is 10.4. The van der Waals surface area contributed by atoms with Crippen LogP contribution in [-0.2, 0) is 14.8 Å². The van der Waals surface area contributed by atoms with Crippen molar-refractivity contribution < 1.29 is 26.8 Å². The number of carbonyl (C=O) groups excluding carboxylic acids is 1. The van der Waals surface area contributed by atoms with Crippen molar-refractivity contribution in [3.05, 3.63) is 53.3 Å². The average molecular weight is 459 g/mol. The van der Waals surface area contributed by atoms with Gasteiger partial charge in [0.05, 0.1) is 35.8 Å². The van der Waals surface area contributed by atoms with Gasteiger partial charge in [0.1, 0.15) is 17.2 Å². The van der Waals surface area contributed by atoms with E-state index in [9.17, 15) is 17.6 Å². The molecular formula is C23H23FN2O5S. The van der Waals surface area contributed by atoms with E-state index in [0.29, 0.717) is 33.3 Å². The van der Waals surface area contributed by atoms with Crippen LogP contribution in [0.15, 0.2) is 40.8 Å². The number of anilines is 1. The molecule has 2 heterocycles. The Labute approximate surface area is 185 Å². The van der Waals surface area contributed by atoms with E-state index in [1.165, 1.54) is 41.9 Å². The fourth-order valence-corrected chi connectivity index (χ4v) is 5.36. The van der Waals surface area contributed by atoms with E-state index in [-0.39, 0.29) is 24.3 Å². The van der Waals surface area contributed by atoms with E-state index >= 15 is 0 Å². The van der Waals surface area contributed by atoms with Crippen LogP contribution >= 0.6 is 0 Å². The highest BCUT2D eigenvalue weighted by atomic mass is 32.2. The Balaban J connectivity index is 1.78. The Morgan fingerprint density at radius 3 is 2.50 bits per heavy atom. The van der Waals surface area contributed by atoms with Gasteiger partial charge in [-0.05, 0) is 50.1 Å². The molecule has 1 aromatic heterocycles. The van der Waals surface area contributed by atoms with Crippen LogP contribution in [0.25, 0.3) is 22.3 Å². The van der Waals surface area contributed by atoms with Crippen molar-refractivity contribution in [3.8, 4) is 11.3 Å². The number of amides is 1. The van der Waals surface area contributed by atoms with Crippen LogP contribution in [-0.4, -0.2) is 39.8 Å². The SMILES string of the molecule is CNC(=O)c1c(-c2ccc(F)cc2)oc2cc3c(cc12)[C@@H](C)OC1(CC1)CN3S(C)(=O)=O. The van der Waals surface area contributed by atoms with Crippen LogP contribution in [0.1, 0.15) is 41.8 Å². The topological polar surface area (TPSA) is 88.8 Å². The second-order valence-electron chi connectivity index (χ2n) is 8.51. The lowest BCUT2D eigenvalue weighted by Gasteiger charge is -2.24. The lowest BCUT2D eigenvalue weighted by molar-refractivity contribution is -0.0115. The summed E-state index contributed by atoms with van der Waals surface area (Å²) in [7, 11) is -2.06. The number of benzene rings is 2. The predicted octanol–water partition coefficient (Wildman–Crippen LogP) is 3.99. The summed E-state index contributed by atoms with van der Waals surface area (Å²) in [5.74, 6) is -0.469. The van der Waals surface area contributed by atoms with Crippen LogP contribution in [0.5, 0.6) is 0 Å². The molecule has 32 heavy (non-hydrogen) atoms. The number of sulfonamides is 1. The summed E-state index contributed by atoms with van der Waals surface area (Å²) >= 11 is 0. The second-order valence-corrected chi connectivity index (χ2v) is 10.4. The van der Waals surface area contributed by atoms with Crippen LogP contribution in [0.3, 0.4) is 0 Å². The molecule has 1 N–H and O–H groups in total. The minimum absolute atomic E-state index is 0.239. The number of nitrogens with one attached hydrogen (secondary N) is 1. The van der Waals surface area contributed by atoms with Crippen LogP contribution in [0.2, 0.25) is 0 Å². The molecule has 168 valence electrons. The maximum Gasteiger partial charge on any atom is 0.255 e. The summed E-state index contributed by atoms with van der Waals surface area (Å²) in [4.78, 5) is 12.8. The van der Waals surface area contributed by atoms with Crippen LogP contribution < -0.4 is 9.62 Å². The fourth-order valence-electron chi connectivity index (χ4n) is 4.38. The van der Waals surface area contributed by atoms with Gasteiger partial charge in [0, 0.05) is 29.6 Å². The third-order valence-corrected chi connectivity index (χ3v) is 7.30. The molecule has 2 aliphatic rings. The summed E-state index contributed by atoms with van der Waals surface area (Å²) in [6, 6.07) is 9.09. The van der Waals surface area contributed by atoms with Gasteiger partial charge in [0.25, 0.3) is 5.91 Å². The Morgan fingerprint density at radius 1 is 1.22 bits per heavy atom. The van der Waals surface area contributed by atoms with E-state index in [4.69, 9.17) is 9.15 Å². The largest absolute Gasteiger partial charge is 0.455 e. The number of halogens is 1. The second kappa shape index (κ2) is 7.05. The molecule has 1 aliphatic carbocycles. The molecule has 0 radical (unpaired) electrons. The molecule has 1 amide bonds. The zero-order chi connectivity index (χ0) is 22.8. The third-order valence-electron chi connectivity index (χ3n) is 6.17. The molecule has 1 fully saturated rings. The van der Waals surface area contributed by atoms with Crippen molar-refractivity contribution in [2.24, 2.45) is 0 Å². The predicted molar refractivity (Wildman–Crippen MR) is 119 cm³/mol. The minimum atomic E-state index is -3.58. The molecule has 3 aromatic rings. The number of nitrogens with zero attached hydrogens (tertiary/aromatic N) is 1. The smallest absolute Gasteiger partial charge is 0.255 e. The van der Waals surface area contributed by atoms with E-state index in [1.807, 2.05) is 6.92 Å². The van der Waals surface area contributed by atoms with Gasteiger partial charge < -0.3 is 14.5 Å². The van der Waals surface area contributed by atoms with Crippen molar-refractivity contribution in [2.45, 2.75) is 31.5 Å². The molecule has 2 aromatic carbocycles. The van der Waals surface area contributed by atoms with Gasteiger partial charge in [0.15, 0.2) is 0 Å². The lowest BCUT2D eigenvalue weighted by atomic mass is 10.0.